The van der Waals surface area contributed by atoms with Gasteiger partial charge in [-0.15, -0.1) is 11.6 Å². The number of phenols is 2. The Bertz CT molecular complexity index is 786. The zero-order valence-electron chi connectivity index (χ0n) is 17.9. The molecule has 0 bridgehead atoms. The van der Waals surface area contributed by atoms with E-state index < -0.39 is 17.2 Å². The molecule has 11 heteroatoms. The topological polar surface area (TPSA) is 40.5 Å². The second-order valence-corrected chi connectivity index (χ2v) is 17.1. The largest absolute Gasteiger partial charge is 0.643 e. The molecule has 2 nitrogen and oxygen atoms in total. The fraction of sp³-hybridized carbons (Fsp3) is 0.400. The first-order valence-electron chi connectivity index (χ1n) is 8.70. The molecule has 2 N–H and O–H groups in total. The van der Waals surface area contributed by atoms with Gasteiger partial charge in [-0.25, -0.2) is 38.9 Å². The van der Waals surface area contributed by atoms with Gasteiger partial charge in [0.25, 0.3) is 0 Å². The van der Waals surface area contributed by atoms with Gasteiger partial charge in [0.1, 0.15) is 23.1 Å². The van der Waals surface area contributed by atoms with Crippen LogP contribution in [-0.2, 0) is 5.41 Å². The molecule has 0 spiro atoms. The summed E-state index contributed by atoms with van der Waals surface area (Å²) in [6, 6.07) is 7.22. The van der Waals surface area contributed by atoms with Crippen LogP contribution in [0.15, 0.2) is 39.3 Å². The van der Waals surface area contributed by atoms with E-state index in [0.29, 0.717) is 5.56 Å². The molecule has 0 aliphatic heterocycles. The van der Waals surface area contributed by atoms with Crippen molar-refractivity contribution in [2.24, 2.45) is 0 Å². The van der Waals surface area contributed by atoms with E-state index in [1.54, 1.807) is 6.07 Å². The quantitative estimate of drug-likeness (QED) is 0.218. The molecule has 0 atom stereocenters. The lowest BCUT2D eigenvalue weighted by atomic mass is 9.87. The van der Waals surface area contributed by atoms with Crippen LogP contribution in [0.4, 0.5) is 8.78 Å². The Morgan fingerprint density at radius 3 is 1.52 bits per heavy atom. The van der Waals surface area contributed by atoms with E-state index in [2.05, 4.69) is 31.9 Å². The maximum atomic E-state index is 13.6. The van der Waals surface area contributed by atoms with Gasteiger partial charge in [-0.3, -0.25) is 0 Å². The van der Waals surface area contributed by atoms with Crippen molar-refractivity contribution in [2.75, 3.05) is 0 Å². The second-order valence-electron chi connectivity index (χ2n) is 7.90. The number of phenolic OH excluding ortho intramolecular Hbond substituents is 2. The van der Waals surface area contributed by atoms with Crippen LogP contribution in [0.1, 0.15) is 47.1 Å². The van der Waals surface area contributed by atoms with Crippen LogP contribution < -0.4 is 0 Å². The Labute approximate surface area is 222 Å². The first-order chi connectivity index (χ1) is 13.8. The molecule has 0 unspecified atom stereocenters. The molecule has 0 saturated heterocycles. The summed E-state index contributed by atoms with van der Waals surface area (Å²) in [5.74, 6) is -0.969. The van der Waals surface area contributed by atoms with Gasteiger partial charge < -0.3 is 10.2 Å². The Kier molecular flexibility index (Phi) is 16.8. The zero-order valence-corrected chi connectivity index (χ0v) is 25.2. The molecule has 0 radical (unpaired) electrons. The van der Waals surface area contributed by atoms with Crippen molar-refractivity contribution in [1.29, 1.82) is 0 Å². The summed E-state index contributed by atoms with van der Waals surface area (Å²) in [6.07, 6.45) is 0. The van der Waals surface area contributed by atoms with E-state index >= 15 is 0 Å². The van der Waals surface area contributed by atoms with Gasteiger partial charge >= 0.3 is 11.4 Å². The highest BCUT2D eigenvalue weighted by Gasteiger charge is 2.21. The molecule has 0 amide bonds. The normalized spacial score (nSPS) is 10.5. The Balaban J connectivity index is 0. The van der Waals surface area contributed by atoms with E-state index in [4.69, 9.17) is 46.9 Å². The number of benzene rings is 2. The Hall–Kier alpha value is 0.552. The average Bonchev–Trinajstić information content (AvgIpc) is 2.55. The number of alkyl halides is 1. The lowest BCUT2D eigenvalue weighted by Gasteiger charge is -2.20. The van der Waals surface area contributed by atoms with E-state index in [1.807, 2.05) is 41.5 Å². The van der Waals surface area contributed by atoms with E-state index in [0.717, 1.165) is 0 Å². The minimum Gasteiger partial charge on any atom is -0.507 e. The molecule has 0 aromatic heterocycles. The molecule has 31 heavy (non-hydrogen) atoms. The van der Waals surface area contributed by atoms with Crippen LogP contribution in [0.2, 0.25) is 0 Å². The van der Waals surface area contributed by atoms with Crippen molar-refractivity contribution in [3.8, 4) is 11.5 Å². The highest BCUT2D eigenvalue weighted by molar-refractivity contribution is 9.11. The van der Waals surface area contributed by atoms with Crippen LogP contribution in [0.25, 0.3) is 0 Å². The average molecular weight is 664 g/mol. The summed E-state index contributed by atoms with van der Waals surface area (Å²) >= 11 is 9.66. The first-order valence-corrected chi connectivity index (χ1v) is 15.9. The Morgan fingerprint density at radius 1 is 0.806 bits per heavy atom. The molecule has 2 aromatic rings. The van der Waals surface area contributed by atoms with Gasteiger partial charge in [0.15, 0.2) is 0 Å². The standard InChI is InChI=1S/C10H12BrFO.C6H4BrFO.C4H9Cl.Al.3ClH/c1-10(2,3)6-4-5-7(13)8(11)9(6)12;7-6-4(8)2-1-3-5(6)9;1-4(2,3)5;;;;/h4-5,13H,1-3H3;1-3,9H;1-3H3;;3*1H/q;;;+3;;;/p-3. The summed E-state index contributed by atoms with van der Waals surface area (Å²) in [7, 11) is 14.8. The van der Waals surface area contributed by atoms with Crippen molar-refractivity contribution in [1.82, 2.24) is 0 Å². The molecular weight excluding hydrogens is 639 g/mol. The fourth-order valence-corrected chi connectivity index (χ4v) is 2.22. The molecule has 2 aromatic carbocycles. The van der Waals surface area contributed by atoms with Crippen molar-refractivity contribution >= 4 is 85.0 Å². The lowest BCUT2D eigenvalue weighted by Crippen LogP contribution is -2.13. The fourth-order valence-electron chi connectivity index (χ4n) is 1.61. The van der Waals surface area contributed by atoms with Gasteiger partial charge in [-0.2, -0.15) is 0 Å². The Morgan fingerprint density at radius 2 is 1.19 bits per heavy atom. The summed E-state index contributed by atoms with van der Waals surface area (Å²) in [6.45, 7) is 11.6. The third kappa shape index (κ3) is 17.7. The smallest absolute Gasteiger partial charge is 0.507 e. The molecule has 0 aliphatic rings. The number of aromatic hydroxyl groups is 2. The van der Waals surface area contributed by atoms with Crippen LogP contribution in [0, 0.1) is 11.6 Å². The molecule has 0 fully saturated rings. The van der Waals surface area contributed by atoms with Gasteiger partial charge in [0, 0.05) is 4.87 Å². The number of rotatable bonds is 0. The van der Waals surface area contributed by atoms with Gasteiger partial charge in [0.2, 0.25) is 0 Å². The molecule has 2 rings (SSSR count). The predicted octanol–water partition coefficient (Wildman–Crippen LogP) is 9.60. The highest BCUT2D eigenvalue weighted by atomic mass is 79.9. The van der Waals surface area contributed by atoms with Crippen molar-refractivity contribution in [2.45, 2.75) is 51.8 Å². The molecule has 0 heterocycles. The summed E-state index contributed by atoms with van der Waals surface area (Å²) < 4.78 is 26.2. The van der Waals surface area contributed by atoms with Crippen LogP contribution in [0.3, 0.4) is 0 Å². The van der Waals surface area contributed by atoms with E-state index in [9.17, 15) is 13.9 Å². The maximum absolute atomic E-state index is 13.6. The summed E-state index contributed by atoms with van der Waals surface area (Å²) in [5.41, 5.74) is 0.345. The van der Waals surface area contributed by atoms with Gasteiger partial charge in [-0.05, 0) is 81.8 Å². The molecular formula is C20H25AlBr2Cl4F2O2. The lowest BCUT2D eigenvalue weighted by molar-refractivity contribution is 0.455. The highest BCUT2D eigenvalue weighted by Crippen LogP contribution is 2.34. The third-order valence-electron chi connectivity index (χ3n) is 2.80. The van der Waals surface area contributed by atoms with Gasteiger partial charge in [0.05, 0.1) is 8.95 Å². The van der Waals surface area contributed by atoms with Crippen LogP contribution in [-0.4, -0.2) is 26.5 Å². The number of halogens is 8. The molecule has 176 valence electrons. The minimum absolute atomic E-state index is 0.0278. The molecule has 0 aliphatic carbocycles. The van der Waals surface area contributed by atoms with Crippen LogP contribution in [0.5, 0.6) is 11.5 Å². The number of hydrogen-bond donors (Lipinski definition) is 2. The molecule has 0 saturated carbocycles. The van der Waals surface area contributed by atoms with E-state index in [1.165, 1.54) is 24.3 Å². The SMILES string of the molecule is CC(C)(C)Cl.CC(C)(C)c1ccc(O)c(Br)c1F.Oc1cccc(F)c1Br.[Cl][Al]([Cl])[Cl]. The second kappa shape index (κ2) is 15.5. The third-order valence-corrected chi connectivity index (χ3v) is 4.34. The van der Waals surface area contributed by atoms with Crippen molar-refractivity contribution < 1.29 is 19.0 Å². The maximum Gasteiger partial charge on any atom is 0.643 e. The summed E-state index contributed by atoms with van der Waals surface area (Å²) in [4.78, 5) is -0.0278. The van der Waals surface area contributed by atoms with Crippen LogP contribution >= 0.6 is 73.6 Å². The van der Waals surface area contributed by atoms with Crippen molar-refractivity contribution in [3.63, 3.8) is 0 Å². The minimum atomic E-state index is -1.72. The van der Waals surface area contributed by atoms with E-state index in [-0.39, 0.29) is 36.6 Å². The number of hydrogen-bond acceptors (Lipinski definition) is 2. The first kappa shape index (κ1) is 33.7. The predicted molar refractivity (Wildman–Crippen MR) is 139 cm³/mol. The van der Waals surface area contributed by atoms with Gasteiger partial charge in [-0.1, -0.05) is 32.9 Å². The monoisotopic (exact) mass is 660 g/mol. The summed E-state index contributed by atoms with van der Waals surface area (Å²) in [5, 5.41) is 18.0. The zero-order chi connectivity index (χ0) is 25.2. The van der Waals surface area contributed by atoms with Crippen molar-refractivity contribution in [3.05, 3.63) is 56.5 Å².